The molecular weight excluding hydrogens is 236 g/mol. The van der Waals surface area contributed by atoms with Crippen LogP contribution < -0.4 is 34.3 Å². The zero-order valence-electron chi connectivity index (χ0n) is 9.41. The van der Waals surface area contributed by atoms with Gasteiger partial charge in [-0.15, -0.1) is 0 Å². The molecule has 0 fully saturated rings. The summed E-state index contributed by atoms with van der Waals surface area (Å²) < 4.78 is 39.8. The van der Waals surface area contributed by atoms with E-state index in [4.69, 9.17) is 5.11 Å². The summed E-state index contributed by atoms with van der Waals surface area (Å²) in [6.07, 6.45) is -4.48. The Kier molecular flexibility index (Phi) is 5.85. The Hall–Kier alpha value is -0.720. The van der Waals surface area contributed by atoms with Gasteiger partial charge in [0.25, 0.3) is 0 Å². The Balaban J connectivity index is 0. The van der Waals surface area contributed by atoms with Gasteiger partial charge >= 0.3 is 41.7 Å². The summed E-state index contributed by atoms with van der Waals surface area (Å²) in [6.45, 7) is -1.50. The van der Waals surface area contributed by atoms with E-state index in [0.29, 0.717) is 0 Å². The molecule has 1 N–H and O–H groups in total. The number of para-hydroxylation sites is 1. The summed E-state index contributed by atoms with van der Waals surface area (Å²) in [7, 11) is 0. The fourth-order valence-corrected chi connectivity index (χ4v) is 0.929. The zero-order chi connectivity index (χ0) is 11.5. The molecule has 0 bridgehead atoms. The van der Waals surface area contributed by atoms with Crippen LogP contribution >= 0.6 is 0 Å². The predicted molar refractivity (Wildman–Crippen MR) is 46.1 cm³/mol. The van der Waals surface area contributed by atoms with Gasteiger partial charge < -0.3 is 11.3 Å². The predicted octanol–water partition coefficient (Wildman–Crippen LogP) is -0.558. The van der Waals surface area contributed by atoms with Crippen molar-refractivity contribution in [2.75, 3.05) is 6.61 Å². The number of rotatable bonds is 3. The Bertz CT molecular complexity index is 371. The fourth-order valence-electron chi connectivity index (χ4n) is 0.929. The van der Waals surface area contributed by atoms with Gasteiger partial charge in [-0.1, -0.05) is 12.1 Å². The zero-order valence-corrected chi connectivity index (χ0v) is 10.4. The number of ether oxygens (including phenoxy) is 1. The molecule has 0 aliphatic carbocycles. The quantitative estimate of drug-likeness (QED) is 0.725. The first-order valence-corrected chi connectivity index (χ1v) is 3.92. The molecule has 16 heavy (non-hydrogen) atoms. The van der Waals surface area contributed by atoms with Crippen LogP contribution in [0.3, 0.4) is 0 Å². The third kappa shape index (κ3) is 4.87. The molecule has 0 saturated carbocycles. The van der Waals surface area contributed by atoms with Crippen LogP contribution in [0.5, 0.6) is 5.75 Å². The summed E-state index contributed by atoms with van der Waals surface area (Å²) >= 11 is 0. The van der Waals surface area contributed by atoms with Crippen molar-refractivity contribution in [3.63, 3.8) is 0 Å². The standard InChI is InChI=1S/C9H7F3O3.Na.H/c10-9(11,12)5-15-7-4-2-1-3-6(7)8(13)14;;/h1-4H,5H2,(H,13,14);;/q;+1;-1. The normalized spacial score (nSPS) is 10.4. The summed E-state index contributed by atoms with van der Waals surface area (Å²) in [5, 5.41) is 8.63. The van der Waals surface area contributed by atoms with Gasteiger partial charge in [-0.2, -0.15) is 13.2 Å². The first-order valence-electron chi connectivity index (χ1n) is 3.92. The Labute approximate surface area is 113 Å². The molecule has 1 rings (SSSR count). The number of carbonyl (C=O) groups is 1. The van der Waals surface area contributed by atoms with E-state index in [9.17, 15) is 18.0 Å². The molecule has 0 saturated heterocycles. The number of hydrogen-bond donors (Lipinski definition) is 1. The average molecular weight is 244 g/mol. The third-order valence-corrected chi connectivity index (χ3v) is 1.51. The van der Waals surface area contributed by atoms with Gasteiger partial charge in [0, 0.05) is 0 Å². The second-order valence-corrected chi connectivity index (χ2v) is 2.71. The number of alkyl halides is 3. The van der Waals surface area contributed by atoms with Crippen molar-refractivity contribution in [1.29, 1.82) is 0 Å². The Morgan fingerprint density at radius 2 is 1.94 bits per heavy atom. The van der Waals surface area contributed by atoms with Gasteiger partial charge in [0.05, 0.1) is 0 Å². The van der Waals surface area contributed by atoms with Gasteiger partial charge in [-0.25, -0.2) is 4.79 Å². The van der Waals surface area contributed by atoms with E-state index < -0.39 is 18.8 Å². The summed E-state index contributed by atoms with van der Waals surface area (Å²) in [5.74, 6) is -1.62. The van der Waals surface area contributed by atoms with E-state index in [1.165, 1.54) is 24.3 Å². The van der Waals surface area contributed by atoms with Gasteiger partial charge in [0.15, 0.2) is 6.61 Å². The second-order valence-electron chi connectivity index (χ2n) is 2.71. The molecule has 0 radical (unpaired) electrons. The van der Waals surface area contributed by atoms with Crippen molar-refractivity contribution < 1.29 is 58.8 Å². The number of halogens is 3. The Morgan fingerprint density at radius 3 is 2.44 bits per heavy atom. The molecule has 0 heterocycles. The van der Waals surface area contributed by atoms with Gasteiger partial charge in [-0.05, 0) is 12.1 Å². The van der Waals surface area contributed by atoms with E-state index in [2.05, 4.69) is 4.74 Å². The SMILES string of the molecule is O=C(O)c1ccccc1OCC(F)(F)F.[H-].[Na+]. The molecule has 0 atom stereocenters. The summed E-state index contributed by atoms with van der Waals surface area (Å²) in [4.78, 5) is 10.6. The number of carboxylic acids is 1. The van der Waals surface area contributed by atoms with Crippen molar-refractivity contribution in [3.05, 3.63) is 29.8 Å². The van der Waals surface area contributed by atoms with Crippen molar-refractivity contribution in [2.45, 2.75) is 6.18 Å². The number of aromatic carboxylic acids is 1. The summed E-state index contributed by atoms with van der Waals surface area (Å²) in [6, 6.07) is 5.16. The fraction of sp³-hybridized carbons (Fsp3) is 0.222. The molecular formula is C9H8F3NaO3. The maximum absolute atomic E-state index is 11.8. The molecule has 0 spiro atoms. The van der Waals surface area contributed by atoms with Crippen LogP contribution in [0.2, 0.25) is 0 Å². The van der Waals surface area contributed by atoms with Crippen molar-refractivity contribution in [3.8, 4) is 5.75 Å². The second kappa shape index (κ2) is 6.12. The largest absolute Gasteiger partial charge is 1.00 e. The molecule has 0 amide bonds. The van der Waals surface area contributed by atoms with Crippen LogP contribution in [-0.2, 0) is 0 Å². The average Bonchev–Trinajstić information content (AvgIpc) is 2.14. The number of carboxylic acid groups (broad SMARTS) is 1. The minimum Gasteiger partial charge on any atom is -1.00 e. The van der Waals surface area contributed by atoms with Crippen LogP contribution in [0.15, 0.2) is 24.3 Å². The maximum atomic E-state index is 11.8. The third-order valence-electron chi connectivity index (χ3n) is 1.51. The van der Waals surface area contributed by atoms with E-state index in [1.807, 2.05) is 0 Å². The van der Waals surface area contributed by atoms with Crippen LogP contribution in [0.1, 0.15) is 11.8 Å². The van der Waals surface area contributed by atoms with Crippen molar-refractivity contribution in [2.24, 2.45) is 0 Å². The van der Waals surface area contributed by atoms with E-state index in [-0.39, 0.29) is 42.3 Å². The van der Waals surface area contributed by atoms with Gasteiger partial charge in [0.2, 0.25) is 0 Å². The molecule has 1 aromatic rings. The topological polar surface area (TPSA) is 46.5 Å². The number of benzene rings is 1. The molecule has 0 unspecified atom stereocenters. The van der Waals surface area contributed by atoms with Crippen molar-refractivity contribution >= 4 is 5.97 Å². The first-order chi connectivity index (χ1) is 6.90. The van der Waals surface area contributed by atoms with Crippen LogP contribution in [0.25, 0.3) is 0 Å². The van der Waals surface area contributed by atoms with Crippen LogP contribution in [0.4, 0.5) is 13.2 Å². The molecule has 84 valence electrons. The molecule has 1 aromatic carbocycles. The van der Waals surface area contributed by atoms with Crippen LogP contribution in [-0.4, -0.2) is 23.9 Å². The molecule has 7 heteroatoms. The smallest absolute Gasteiger partial charge is 1.00 e. The van der Waals surface area contributed by atoms with E-state index in [0.717, 1.165) is 0 Å². The minimum absolute atomic E-state index is 0. The molecule has 0 aromatic heterocycles. The van der Waals surface area contributed by atoms with Crippen LogP contribution in [0, 0.1) is 0 Å². The molecule has 0 aliphatic rings. The molecule has 0 aliphatic heterocycles. The van der Waals surface area contributed by atoms with E-state index in [1.54, 1.807) is 0 Å². The maximum Gasteiger partial charge on any atom is 1.00 e. The number of hydrogen-bond acceptors (Lipinski definition) is 2. The van der Waals surface area contributed by atoms with Gasteiger partial charge in [0.1, 0.15) is 11.3 Å². The summed E-state index contributed by atoms with van der Waals surface area (Å²) in [5.41, 5.74) is -0.290. The first kappa shape index (κ1) is 15.3. The van der Waals surface area contributed by atoms with E-state index >= 15 is 0 Å². The minimum atomic E-state index is -4.48. The molecule has 3 nitrogen and oxygen atoms in total. The van der Waals surface area contributed by atoms with Crippen molar-refractivity contribution in [1.82, 2.24) is 0 Å². The Morgan fingerprint density at radius 1 is 1.38 bits per heavy atom. The van der Waals surface area contributed by atoms with Gasteiger partial charge in [-0.3, -0.25) is 0 Å². The monoisotopic (exact) mass is 244 g/mol.